The van der Waals surface area contributed by atoms with Gasteiger partial charge in [-0.3, -0.25) is 0 Å². The molecule has 3 heterocycles. The van der Waals surface area contributed by atoms with Crippen LogP contribution < -0.4 is 5.32 Å². The summed E-state index contributed by atoms with van der Waals surface area (Å²) < 4.78 is 1.37. The molecule has 0 amide bonds. The molecule has 0 unspecified atom stereocenters. The van der Waals surface area contributed by atoms with E-state index in [4.69, 9.17) is 0 Å². The largest absolute Gasteiger partial charge is 0.477 e. The number of hydrogen-bond donors (Lipinski definition) is 2. The summed E-state index contributed by atoms with van der Waals surface area (Å²) >= 11 is 3.10. The van der Waals surface area contributed by atoms with Crippen LogP contribution in [0.5, 0.6) is 0 Å². The lowest BCUT2D eigenvalue weighted by atomic mass is 10.1. The summed E-state index contributed by atoms with van der Waals surface area (Å²) in [5.74, 6) is -0.161. The molecule has 0 saturated heterocycles. The average molecular weight is 424 g/mol. The average Bonchev–Trinajstić information content (AvgIpc) is 3.24. The maximum atomic E-state index is 11.3. The van der Waals surface area contributed by atoms with Crippen molar-refractivity contribution in [3.63, 3.8) is 0 Å². The molecule has 0 spiro atoms. The van der Waals surface area contributed by atoms with Gasteiger partial charge in [0.1, 0.15) is 17.0 Å². The van der Waals surface area contributed by atoms with Gasteiger partial charge in [-0.25, -0.2) is 14.8 Å². The summed E-state index contributed by atoms with van der Waals surface area (Å²) in [4.78, 5) is 22.5. The second-order valence-corrected chi connectivity index (χ2v) is 9.26. The highest BCUT2D eigenvalue weighted by Gasteiger charge is 2.15. The quantitative estimate of drug-likeness (QED) is 0.416. The van der Waals surface area contributed by atoms with Gasteiger partial charge in [0.05, 0.1) is 10.6 Å². The fourth-order valence-electron chi connectivity index (χ4n) is 3.47. The van der Waals surface area contributed by atoms with E-state index in [1.165, 1.54) is 43.8 Å². The summed E-state index contributed by atoms with van der Waals surface area (Å²) in [7, 11) is 0. The fraction of sp³-hybridized carbons (Fsp3) is 0.227. The second-order valence-electron chi connectivity index (χ2n) is 6.98. The molecule has 0 bridgehead atoms. The minimum Gasteiger partial charge on any atom is -0.477 e. The lowest BCUT2D eigenvalue weighted by Crippen LogP contribution is -2.07. The number of aryl methyl sites for hydroxylation is 3. The van der Waals surface area contributed by atoms with Gasteiger partial charge >= 0.3 is 5.97 Å². The molecule has 3 aromatic heterocycles. The summed E-state index contributed by atoms with van der Waals surface area (Å²) in [5, 5.41) is 14.0. The molecule has 0 fully saturated rings. The Bertz CT molecular complexity index is 1210. The third-order valence-electron chi connectivity index (χ3n) is 4.93. The Kier molecular flexibility index (Phi) is 5.34. The van der Waals surface area contributed by atoms with Crippen molar-refractivity contribution < 1.29 is 9.90 Å². The van der Waals surface area contributed by atoms with Crippen LogP contribution in [0.4, 0.5) is 5.82 Å². The van der Waals surface area contributed by atoms with E-state index in [0.29, 0.717) is 4.88 Å². The Morgan fingerprint density at radius 3 is 2.69 bits per heavy atom. The van der Waals surface area contributed by atoms with Crippen LogP contribution in [-0.4, -0.2) is 27.6 Å². The van der Waals surface area contributed by atoms with E-state index in [2.05, 4.69) is 47.3 Å². The van der Waals surface area contributed by atoms with Gasteiger partial charge in [-0.1, -0.05) is 18.2 Å². The number of carbonyl (C=O) groups is 1. The SMILES string of the molecule is Cc1cc(-c2cc(NCCc3c(C)sc4c(C)cccc34)ncn2)sc1C(=O)O. The summed E-state index contributed by atoms with van der Waals surface area (Å²) in [6.07, 6.45) is 2.43. The van der Waals surface area contributed by atoms with Crippen LogP contribution in [0, 0.1) is 20.8 Å². The molecule has 4 rings (SSSR count). The Labute approximate surface area is 177 Å². The third kappa shape index (κ3) is 3.88. The number of carboxylic acid groups (broad SMARTS) is 1. The molecule has 29 heavy (non-hydrogen) atoms. The highest BCUT2D eigenvalue weighted by molar-refractivity contribution is 7.19. The Morgan fingerprint density at radius 1 is 1.10 bits per heavy atom. The van der Waals surface area contributed by atoms with E-state index in [0.717, 1.165) is 34.9 Å². The number of thiophene rings is 2. The topological polar surface area (TPSA) is 75.1 Å². The van der Waals surface area contributed by atoms with E-state index < -0.39 is 5.97 Å². The molecule has 0 atom stereocenters. The maximum absolute atomic E-state index is 11.3. The molecule has 0 saturated carbocycles. The standard InChI is InChI=1S/C22H21N3O2S2/c1-12-5-4-6-16-15(14(3)28-20(12)16)7-8-23-19-10-17(24-11-25-19)18-9-13(2)21(29-18)22(26)27/h4-6,9-11H,7-8H2,1-3H3,(H,26,27)(H,23,24,25). The summed E-state index contributed by atoms with van der Waals surface area (Å²) in [5.41, 5.74) is 4.19. The molecule has 7 heteroatoms. The van der Waals surface area contributed by atoms with Gasteiger partial charge in [-0.05, 0) is 55.3 Å². The van der Waals surface area contributed by atoms with Crippen LogP contribution >= 0.6 is 22.7 Å². The number of rotatable bonds is 6. The summed E-state index contributed by atoms with van der Waals surface area (Å²) in [6, 6.07) is 10.2. The molecule has 0 aliphatic rings. The van der Waals surface area contributed by atoms with Crippen molar-refractivity contribution in [2.24, 2.45) is 0 Å². The minimum atomic E-state index is -0.903. The zero-order valence-electron chi connectivity index (χ0n) is 16.4. The molecule has 1 aromatic carbocycles. The fourth-order valence-corrected chi connectivity index (χ4v) is 5.62. The first-order valence-electron chi connectivity index (χ1n) is 9.31. The lowest BCUT2D eigenvalue weighted by Gasteiger charge is -2.07. The van der Waals surface area contributed by atoms with Crippen molar-refractivity contribution in [2.45, 2.75) is 27.2 Å². The lowest BCUT2D eigenvalue weighted by molar-refractivity contribution is 0.0701. The number of aromatic carboxylic acids is 1. The molecule has 0 aliphatic carbocycles. The second kappa shape index (κ2) is 7.93. The number of benzene rings is 1. The molecule has 5 nitrogen and oxygen atoms in total. The van der Waals surface area contributed by atoms with E-state index >= 15 is 0 Å². The Balaban J connectivity index is 1.50. The maximum Gasteiger partial charge on any atom is 0.346 e. The third-order valence-corrected chi connectivity index (χ3v) is 7.48. The van der Waals surface area contributed by atoms with Crippen molar-refractivity contribution in [2.75, 3.05) is 11.9 Å². The van der Waals surface area contributed by atoms with Crippen LogP contribution in [0.2, 0.25) is 0 Å². The first-order valence-corrected chi connectivity index (χ1v) is 10.9. The smallest absolute Gasteiger partial charge is 0.346 e. The van der Waals surface area contributed by atoms with Gasteiger partial charge in [0, 0.05) is 22.2 Å². The normalized spacial score (nSPS) is 11.1. The molecule has 148 valence electrons. The van der Waals surface area contributed by atoms with Crippen LogP contribution in [0.3, 0.4) is 0 Å². The van der Waals surface area contributed by atoms with Gasteiger partial charge in [0.2, 0.25) is 0 Å². The monoisotopic (exact) mass is 423 g/mol. The summed E-state index contributed by atoms with van der Waals surface area (Å²) in [6.45, 7) is 6.91. The highest BCUT2D eigenvalue weighted by Crippen LogP contribution is 2.33. The predicted octanol–water partition coefficient (Wildman–Crippen LogP) is 5.70. The number of fused-ring (bicyclic) bond motifs is 1. The molecular formula is C22H21N3O2S2. The Hall–Kier alpha value is -2.77. The Morgan fingerprint density at radius 2 is 1.93 bits per heavy atom. The molecule has 4 aromatic rings. The van der Waals surface area contributed by atoms with Crippen molar-refractivity contribution in [1.82, 2.24) is 9.97 Å². The van der Waals surface area contributed by atoms with Crippen LogP contribution in [0.1, 0.15) is 31.2 Å². The van der Waals surface area contributed by atoms with E-state index in [1.54, 1.807) is 6.92 Å². The molecular weight excluding hydrogens is 402 g/mol. The number of aromatic nitrogens is 2. The number of carboxylic acids is 1. The van der Waals surface area contributed by atoms with Crippen LogP contribution in [0.25, 0.3) is 20.7 Å². The first-order chi connectivity index (χ1) is 13.9. The number of nitrogens with zero attached hydrogens (tertiary/aromatic N) is 2. The van der Waals surface area contributed by atoms with E-state index in [-0.39, 0.29) is 0 Å². The number of hydrogen-bond acceptors (Lipinski definition) is 6. The minimum absolute atomic E-state index is 0.350. The first kappa shape index (κ1) is 19.5. The van der Waals surface area contributed by atoms with Gasteiger partial charge in [0.15, 0.2) is 0 Å². The zero-order valence-corrected chi connectivity index (χ0v) is 18.1. The van der Waals surface area contributed by atoms with Gasteiger partial charge < -0.3 is 10.4 Å². The van der Waals surface area contributed by atoms with E-state index in [9.17, 15) is 9.90 Å². The highest BCUT2D eigenvalue weighted by atomic mass is 32.1. The molecule has 0 radical (unpaired) electrons. The van der Waals surface area contributed by atoms with Gasteiger partial charge in [-0.15, -0.1) is 22.7 Å². The van der Waals surface area contributed by atoms with Crippen LogP contribution in [-0.2, 0) is 6.42 Å². The van der Waals surface area contributed by atoms with Crippen LogP contribution in [0.15, 0.2) is 36.7 Å². The van der Waals surface area contributed by atoms with Crippen molar-refractivity contribution in [3.05, 3.63) is 63.1 Å². The molecule has 0 aliphatic heterocycles. The van der Waals surface area contributed by atoms with E-state index in [1.807, 2.05) is 23.5 Å². The molecule has 2 N–H and O–H groups in total. The van der Waals surface area contributed by atoms with Crippen molar-refractivity contribution >= 4 is 44.5 Å². The van der Waals surface area contributed by atoms with Gasteiger partial charge in [0.25, 0.3) is 0 Å². The zero-order chi connectivity index (χ0) is 20.5. The number of nitrogens with one attached hydrogen (secondary N) is 1. The van der Waals surface area contributed by atoms with Crippen molar-refractivity contribution in [3.8, 4) is 10.6 Å². The number of anilines is 1. The van der Waals surface area contributed by atoms with Crippen molar-refractivity contribution in [1.29, 1.82) is 0 Å². The van der Waals surface area contributed by atoms with Gasteiger partial charge in [-0.2, -0.15) is 0 Å². The predicted molar refractivity (Wildman–Crippen MR) is 121 cm³/mol.